The van der Waals surface area contributed by atoms with Gasteiger partial charge in [0.2, 0.25) is 0 Å². The summed E-state index contributed by atoms with van der Waals surface area (Å²) in [6.07, 6.45) is 2.11. The molecule has 5 heteroatoms. The van der Waals surface area contributed by atoms with Gasteiger partial charge in [-0.05, 0) is 26.8 Å². The maximum Gasteiger partial charge on any atom is 0.159 e. The van der Waals surface area contributed by atoms with E-state index in [0.29, 0.717) is 0 Å². The number of anilines is 1. The predicted molar refractivity (Wildman–Crippen MR) is 91.9 cm³/mol. The zero-order chi connectivity index (χ0) is 15.9. The van der Waals surface area contributed by atoms with Crippen LogP contribution in [-0.2, 0) is 4.74 Å². The molecule has 1 aromatic carbocycles. The quantitative estimate of drug-likeness (QED) is 0.808. The van der Waals surface area contributed by atoms with E-state index in [0.717, 1.165) is 57.1 Å². The number of hydrogen-bond acceptors (Lipinski definition) is 5. The Morgan fingerprint density at radius 3 is 2.52 bits per heavy atom. The van der Waals surface area contributed by atoms with Gasteiger partial charge >= 0.3 is 0 Å². The summed E-state index contributed by atoms with van der Waals surface area (Å²) in [7, 11) is 2.19. The molecule has 4 rings (SSSR count). The fourth-order valence-corrected chi connectivity index (χ4v) is 3.92. The Hall–Kier alpha value is -1.72. The van der Waals surface area contributed by atoms with Crippen molar-refractivity contribution in [2.24, 2.45) is 0 Å². The lowest BCUT2D eigenvalue weighted by Gasteiger charge is -2.46. The molecule has 122 valence electrons. The lowest BCUT2D eigenvalue weighted by molar-refractivity contribution is -0.115. The molecule has 0 saturated carbocycles. The number of piperidine rings is 1. The first kappa shape index (κ1) is 14.8. The Morgan fingerprint density at radius 2 is 1.78 bits per heavy atom. The Bertz CT molecular complexity index is 709. The monoisotopic (exact) mass is 312 g/mol. The second-order valence-corrected chi connectivity index (χ2v) is 6.91. The normalized spacial score (nSPS) is 21.9. The van der Waals surface area contributed by atoms with E-state index in [4.69, 9.17) is 4.74 Å². The van der Waals surface area contributed by atoms with Crippen molar-refractivity contribution in [2.45, 2.75) is 25.4 Å². The van der Waals surface area contributed by atoms with Crippen LogP contribution in [0.3, 0.4) is 0 Å². The topological polar surface area (TPSA) is 41.5 Å². The number of ether oxygens (including phenoxy) is 1. The average molecular weight is 312 g/mol. The van der Waals surface area contributed by atoms with Crippen LogP contribution >= 0.6 is 0 Å². The lowest BCUT2D eigenvalue weighted by atomic mass is 9.89. The van der Waals surface area contributed by atoms with E-state index in [2.05, 4.69) is 51.3 Å². The average Bonchev–Trinajstić information content (AvgIpc) is 2.57. The molecule has 2 saturated heterocycles. The van der Waals surface area contributed by atoms with Crippen LogP contribution < -0.4 is 4.90 Å². The first-order chi connectivity index (χ1) is 11.2. The highest BCUT2D eigenvalue weighted by Crippen LogP contribution is 2.33. The standard InChI is InChI=1S/C18H24N4O/c1-14-15-5-3-4-6-16(15)17(20-19-14)22-9-7-18(8-10-22)13-21(2)11-12-23-18/h3-6H,7-13H2,1-2H3. The summed E-state index contributed by atoms with van der Waals surface area (Å²) in [5.74, 6) is 1.02. The third-order valence-corrected chi connectivity index (χ3v) is 5.27. The maximum atomic E-state index is 6.16. The summed E-state index contributed by atoms with van der Waals surface area (Å²) in [6, 6.07) is 8.43. The molecule has 1 spiro atoms. The van der Waals surface area contributed by atoms with Crippen LogP contribution in [0.15, 0.2) is 24.3 Å². The van der Waals surface area contributed by atoms with Gasteiger partial charge in [-0.2, -0.15) is 5.10 Å². The van der Waals surface area contributed by atoms with Gasteiger partial charge in [-0.1, -0.05) is 24.3 Å². The Morgan fingerprint density at radius 1 is 1.04 bits per heavy atom. The van der Waals surface area contributed by atoms with Crippen molar-refractivity contribution in [3.63, 3.8) is 0 Å². The smallest absolute Gasteiger partial charge is 0.159 e. The highest BCUT2D eigenvalue weighted by molar-refractivity contribution is 5.93. The maximum absolute atomic E-state index is 6.16. The summed E-state index contributed by atoms with van der Waals surface area (Å²) in [5, 5.41) is 11.3. The van der Waals surface area contributed by atoms with E-state index >= 15 is 0 Å². The molecule has 23 heavy (non-hydrogen) atoms. The first-order valence-corrected chi connectivity index (χ1v) is 8.46. The van der Waals surface area contributed by atoms with E-state index in [9.17, 15) is 0 Å². The Labute approximate surface area is 137 Å². The van der Waals surface area contributed by atoms with Crippen LogP contribution in [0.25, 0.3) is 10.8 Å². The highest BCUT2D eigenvalue weighted by Gasteiger charge is 2.39. The molecule has 0 atom stereocenters. The van der Waals surface area contributed by atoms with Gasteiger partial charge in [-0.15, -0.1) is 5.10 Å². The summed E-state index contributed by atoms with van der Waals surface area (Å²) in [5.41, 5.74) is 1.03. The van der Waals surface area contributed by atoms with Crippen molar-refractivity contribution in [1.29, 1.82) is 0 Å². The van der Waals surface area contributed by atoms with E-state index < -0.39 is 0 Å². The van der Waals surface area contributed by atoms with E-state index in [1.807, 2.05) is 6.92 Å². The number of benzene rings is 1. The number of aromatic nitrogens is 2. The van der Waals surface area contributed by atoms with E-state index in [-0.39, 0.29) is 5.60 Å². The predicted octanol–water partition coefficient (Wildman–Crippen LogP) is 2.24. The van der Waals surface area contributed by atoms with Crippen LogP contribution in [0.5, 0.6) is 0 Å². The zero-order valence-corrected chi connectivity index (χ0v) is 14.0. The van der Waals surface area contributed by atoms with Gasteiger partial charge in [-0.25, -0.2) is 0 Å². The number of nitrogens with zero attached hydrogens (tertiary/aromatic N) is 4. The molecule has 0 bridgehead atoms. The van der Waals surface area contributed by atoms with Crippen LogP contribution in [0.1, 0.15) is 18.5 Å². The van der Waals surface area contributed by atoms with Gasteiger partial charge in [0.05, 0.1) is 17.9 Å². The van der Waals surface area contributed by atoms with Gasteiger partial charge in [0.15, 0.2) is 5.82 Å². The van der Waals surface area contributed by atoms with Gasteiger partial charge in [0, 0.05) is 37.0 Å². The molecule has 2 aromatic rings. The van der Waals surface area contributed by atoms with Gasteiger partial charge in [0.25, 0.3) is 0 Å². The molecule has 0 radical (unpaired) electrons. The van der Waals surface area contributed by atoms with Crippen LogP contribution in [0, 0.1) is 6.92 Å². The molecular weight excluding hydrogens is 288 g/mol. The Kier molecular flexibility index (Phi) is 3.70. The minimum absolute atomic E-state index is 0.0391. The number of fused-ring (bicyclic) bond motifs is 1. The molecule has 3 heterocycles. The van der Waals surface area contributed by atoms with Crippen molar-refractivity contribution in [3.8, 4) is 0 Å². The lowest BCUT2D eigenvalue weighted by Crippen LogP contribution is -2.56. The Balaban J connectivity index is 1.58. The SMILES string of the molecule is Cc1nnc(N2CCC3(CC2)CN(C)CCO3)c2ccccc12. The first-order valence-electron chi connectivity index (χ1n) is 8.46. The molecule has 5 nitrogen and oxygen atoms in total. The van der Waals surface area contributed by atoms with Gasteiger partial charge in [-0.3, -0.25) is 0 Å². The molecule has 0 unspecified atom stereocenters. The van der Waals surface area contributed by atoms with E-state index in [1.165, 1.54) is 10.8 Å². The third-order valence-electron chi connectivity index (χ3n) is 5.27. The molecule has 0 N–H and O–H groups in total. The number of hydrogen-bond donors (Lipinski definition) is 0. The zero-order valence-electron chi connectivity index (χ0n) is 14.0. The number of morpholine rings is 1. The second-order valence-electron chi connectivity index (χ2n) is 6.91. The highest BCUT2D eigenvalue weighted by atomic mass is 16.5. The van der Waals surface area contributed by atoms with Crippen molar-refractivity contribution in [3.05, 3.63) is 30.0 Å². The van der Waals surface area contributed by atoms with Crippen LogP contribution in [0.2, 0.25) is 0 Å². The number of likely N-dealkylation sites (N-methyl/N-ethyl adjacent to an activating group) is 1. The molecule has 1 aromatic heterocycles. The summed E-state index contributed by atoms with van der Waals surface area (Å²) >= 11 is 0. The summed E-state index contributed by atoms with van der Waals surface area (Å²) in [6.45, 7) is 6.92. The van der Waals surface area contributed by atoms with Gasteiger partial charge < -0.3 is 14.5 Å². The van der Waals surface area contributed by atoms with Gasteiger partial charge in [0.1, 0.15) is 0 Å². The molecule has 2 fully saturated rings. The van der Waals surface area contributed by atoms with Crippen molar-refractivity contribution >= 4 is 16.6 Å². The van der Waals surface area contributed by atoms with Crippen molar-refractivity contribution in [2.75, 3.05) is 44.7 Å². The second kappa shape index (κ2) is 5.73. The molecule has 2 aliphatic rings. The fourth-order valence-electron chi connectivity index (χ4n) is 3.92. The summed E-state index contributed by atoms with van der Waals surface area (Å²) < 4.78 is 6.16. The minimum atomic E-state index is 0.0391. The van der Waals surface area contributed by atoms with E-state index in [1.54, 1.807) is 0 Å². The molecule has 0 aliphatic carbocycles. The minimum Gasteiger partial charge on any atom is -0.372 e. The fraction of sp³-hybridized carbons (Fsp3) is 0.556. The third kappa shape index (κ3) is 2.68. The van der Waals surface area contributed by atoms with Crippen LogP contribution in [0.4, 0.5) is 5.82 Å². The molecular formula is C18H24N4O. The summed E-state index contributed by atoms with van der Waals surface area (Å²) in [4.78, 5) is 4.76. The van der Waals surface area contributed by atoms with Crippen LogP contribution in [-0.4, -0.2) is 60.5 Å². The number of aryl methyl sites for hydroxylation is 1. The van der Waals surface area contributed by atoms with Crippen molar-refractivity contribution in [1.82, 2.24) is 15.1 Å². The van der Waals surface area contributed by atoms with Crippen molar-refractivity contribution < 1.29 is 4.74 Å². The largest absolute Gasteiger partial charge is 0.372 e. The molecule has 2 aliphatic heterocycles. The number of rotatable bonds is 1. The molecule has 0 amide bonds.